The van der Waals surface area contributed by atoms with Gasteiger partial charge in [-0.3, -0.25) is 9.52 Å². The second-order valence-corrected chi connectivity index (χ2v) is 10.3. The quantitative estimate of drug-likeness (QED) is 0.720. The molecular formula is C22H25ClN2O3S. The standard InChI is InChI=1S/C22H25ClN2O3S/c1-13-4-3-5-19(14(13)2)25-29(27,28)21-12-17(8-9-18(21)23)22(26)24-20-11-15-6-7-16(20)10-15/h3-5,8-9,12,15-16,20,25H,6-7,10-11H2,1-2H3,(H,24,26)/t15-,16+,20+/m1/s1. The van der Waals surface area contributed by atoms with E-state index in [4.69, 9.17) is 11.6 Å². The van der Waals surface area contributed by atoms with Crippen molar-refractivity contribution in [2.45, 2.75) is 50.5 Å². The smallest absolute Gasteiger partial charge is 0.263 e. The van der Waals surface area contributed by atoms with Gasteiger partial charge in [-0.1, -0.05) is 30.2 Å². The van der Waals surface area contributed by atoms with Crippen molar-refractivity contribution >= 4 is 33.2 Å². The minimum Gasteiger partial charge on any atom is -0.349 e. The highest BCUT2D eigenvalue weighted by Gasteiger charge is 2.40. The number of sulfonamides is 1. The summed E-state index contributed by atoms with van der Waals surface area (Å²) in [6, 6.07) is 10.0. The monoisotopic (exact) mass is 432 g/mol. The molecule has 0 radical (unpaired) electrons. The van der Waals surface area contributed by atoms with Crippen LogP contribution >= 0.6 is 11.6 Å². The Morgan fingerprint density at radius 2 is 1.90 bits per heavy atom. The molecule has 2 aliphatic rings. The second kappa shape index (κ2) is 7.65. The first-order valence-corrected chi connectivity index (χ1v) is 11.8. The Morgan fingerprint density at radius 3 is 2.59 bits per heavy atom. The predicted molar refractivity (Wildman–Crippen MR) is 115 cm³/mol. The minimum absolute atomic E-state index is 0.0827. The van der Waals surface area contributed by atoms with Gasteiger partial charge < -0.3 is 5.32 Å². The zero-order chi connectivity index (χ0) is 20.8. The van der Waals surface area contributed by atoms with E-state index >= 15 is 0 Å². The van der Waals surface area contributed by atoms with Crippen LogP contribution in [0.4, 0.5) is 5.69 Å². The lowest BCUT2D eigenvalue weighted by molar-refractivity contribution is 0.0922. The maximum Gasteiger partial charge on any atom is 0.263 e. The van der Waals surface area contributed by atoms with Crippen molar-refractivity contribution in [3.05, 3.63) is 58.1 Å². The number of halogens is 1. The molecular weight excluding hydrogens is 408 g/mol. The summed E-state index contributed by atoms with van der Waals surface area (Å²) in [7, 11) is -3.94. The maximum atomic E-state index is 13.0. The number of rotatable bonds is 5. The third-order valence-electron chi connectivity index (χ3n) is 6.39. The lowest BCUT2D eigenvalue weighted by atomic mass is 9.95. The van der Waals surface area contributed by atoms with E-state index < -0.39 is 10.0 Å². The molecule has 1 amide bonds. The van der Waals surface area contributed by atoms with E-state index in [0.29, 0.717) is 23.1 Å². The van der Waals surface area contributed by atoms with E-state index in [2.05, 4.69) is 10.0 Å². The molecule has 2 aromatic carbocycles. The molecule has 2 fully saturated rings. The van der Waals surface area contributed by atoms with Crippen molar-refractivity contribution in [3.8, 4) is 0 Å². The maximum absolute atomic E-state index is 13.0. The Morgan fingerprint density at radius 1 is 1.10 bits per heavy atom. The van der Waals surface area contributed by atoms with Gasteiger partial charge in [0.2, 0.25) is 0 Å². The van der Waals surface area contributed by atoms with Crippen LogP contribution in [0.3, 0.4) is 0 Å². The number of amides is 1. The summed E-state index contributed by atoms with van der Waals surface area (Å²) in [6.07, 6.45) is 4.62. The van der Waals surface area contributed by atoms with Crippen LogP contribution in [0.15, 0.2) is 41.3 Å². The average Bonchev–Trinajstić information content (AvgIpc) is 3.28. The summed E-state index contributed by atoms with van der Waals surface area (Å²) in [5, 5.41) is 3.18. The Hall–Kier alpha value is -2.05. The molecule has 2 aromatic rings. The molecule has 29 heavy (non-hydrogen) atoms. The predicted octanol–water partition coefficient (Wildman–Crippen LogP) is 4.68. The number of anilines is 1. The third-order valence-corrected chi connectivity index (χ3v) is 8.23. The molecule has 0 saturated heterocycles. The molecule has 2 saturated carbocycles. The summed E-state index contributed by atoms with van der Waals surface area (Å²) < 4.78 is 28.6. The van der Waals surface area contributed by atoms with E-state index in [1.54, 1.807) is 18.2 Å². The molecule has 5 nitrogen and oxygen atoms in total. The summed E-state index contributed by atoms with van der Waals surface area (Å²) in [6.45, 7) is 3.77. The molecule has 2 bridgehead atoms. The van der Waals surface area contributed by atoms with Gasteiger partial charge in [0.05, 0.1) is 10.7 Å². The number of nitrogens with one attached hydrogen (secondary N) is 2. The Balaban J connectivity index is 1.57. The molecule has 2 N–H and O–H groups in total. The van der Waals surface area contributed by atoms with Gasteiger partial charge in [0, 0.05) is 11.6 Å². The molecule has 2 aliphatic carbocycles. The van der Waals surface area contributed by atoms with E-state index in [1.807, 2.05) is 19.9 Å². The third kappa shape index (κ3) is 4.01. The van der Waals surface area contributed by atoms with Crippen molar-refractivity contribution < 1.29 is 13.2 Å². The Bertz CT molecular complexity index is 1070. The zero-order valence-corrected chi connectivity index (χ0v) is 18.1. The second-order valence-electron chi connectivity index (χ2n) is 8.25. The summed E-state index contributed by atoms with van der Waals surface area (Å²) in [5.41, 5.74) is 2.63. The van der Waals surface area contributed by atoms with Crippen molar-refractivity contribution in [2.75, 3.05) is 4.72 Å². The molecule has 0 aliphatic heterocycles. The van der Waals surface area contributed by atoms with Gasteiger partial charge in [0.25, 0.3) is 15.9 Å². The topological polar surface area (TPSA) is 75.3 Å². The first kappa shape index (κ1) is 20.2. The van der Waals surface area contributed by atoms with Gasteiger partial charge >= 0.3 is 0 Å². The van der Waals surface area contributed by atoms with Crippen LogP contribution in [-0.4, -0.2) is 20.4 Å². The van der Waals surface area contributed by atoms with Crippen LogP contribution in [-0.2, 0) is 10.0 Å². The molecule has 0 unspecified atom stereocenters. The largest absolute Gasteiger partial charge is 0.349 e. The fourth-order valence-electron chi connectivity index (χ4n) is 4.59. The average molecular weight is 433 g/mol. The van der Waals surface area contributed by atoms with Crippen LogP contribution in [0.5, 0.6) is 0 Å². The van der Waals surface area contributed by atoms with Crippen molar-refractivity contribution in [1.29, 1.82) is 0 Å². The fraction of sp³-hybridized carbons (Fsp3) is 0.409. The molecule has 0 spiro atoms. The number of hydrogen-bond donors (Lipinski definition) is 2. The van der Waals surface area contributed by atoms with Gasteiger partial charge in [-0.25, -0.2) is 8.42 Å². The highest BCUT2D eigenvalue weighted by Crippen LogP contribution is 2.44. The molecule has 7 heteroatoms. The fourth-order valence-corrected chi connectivity index (χ4v) is 6.23. The molecule has 4 rings (SSSR count). The van der Waals surface area contributed by atoms with Crippen LogP contribution in [0.25, 0.3) is 0 Å². The number of carbonyl (C=O) groups excluding carboxylic acids is 1. The summed E-state index contributed by atoms with van der Waals surface area (Å²) in [5.74, 6) is 1.01. The number of hydrogen-bond acceptors (Lipinski definition) is 3. The Labute approximate surface area is 176 Å². The normalized spacial score (nSPS) is 23.2. The van der Waals surface area contributed by atoms with Gasteiger partial charge in [-0.05, 0) is 80.3 Å². The lowest BCUT2D eigenvalue weighted by Gasteiger charge is -2.23. The van der Waals surface area contributed by atoms with E-state index in [1.165, 1.54) is 25.0 Å². The van der Waals surface area contributed by atoms with E-state index in [-0.39, 0.29) is 21.9 Å². The van der Waals surface area contributed by atoms with Crippen LogP contribution in [0.1, 0.15) is 47.2 Å². The lowest BCUT2D eigenvalue weighted by Crippen LogP contribution is -2.38. The van der Waals surface area contributed by atoms with Crippen LogP contribution in [0, 0.1) is 25.7 Å². The van der Waals surface area contributed by atoms with Crippen molar-refractivity contribution in [1.82, 2.24) is 5.32 Å². The highest BCUT2D eigenvalue weighted by molar-refractivity contribution is 7.92. The SMILES string of the molecule is Cc1cccc(NS(=O)(=O)c2cc(C(=O)N[C@H]3C[C@@H]4CC[C@H]3C4)ccc2Cl)c1C. The van der Waals surface area contributed by atoms with Gasteiger partial charge in [0.15, 0.2) is 0 Å². The van der Waals surface area contributed by atoms with Gasteiger partial charge in [-0.15, -0.1) is 0 Å². The van der Waals surface area contributed by atoms with Crippen LogP contribution < -0.4 is 10.0 Å². The van der Waals surface area contributed by atoms with E-state index in [9.17, 15) is 13.2 Å². The summed E-state index contributed by atoms with van der Waals surface area (Å²) in [4.78, 5) is 12.7. The number of carbonyl (C=O) groups is 1. The first-order chi connectivity index (χ1) is 13.7. The zero-order valence-electron chi connectivity index (χ0n) is 16.5. The first-order valence-electron chi connectivity index (χ1n) is 9.94. The number of fused-ring (bicyclic) bond motifs is 2. The van der Waals surface area contributed by atoms with E-state index in [0.717, 1.165) is 24.0 Å². The molecule has 0 aromatic heterocycles. The highest BCUT2D eigenvalue weighted by atomic mass is 35.5. The number of aryl methyl sites for hydroxylation is 1. The number of benzene rings is 2. The molecule has 3 atom stereocenters. The van der Waals surface area contributed by atoms with Gasteiger partial charge in [-0.2, -0.15) is 0 Å². The van der Waals surface area contributed by atoms with Crippen LogP contribution in [0.2, 0.25) is 5.02 Å². The minimum atomic E-state index is -3.94. The van der Waals surface area contributed by atoms with Crippen molar-refractivity contribution in [3.63, 3.8) is 0 Å². The summed E-state index contributed by atoms with van der Waals surface area (Å²) >= 11 is 6.19. The van der Waals surface area contributed by atoms with Crippen molar-refractivity contribution in [2.24, 2.45) is 11.8 Å². The Kier molecular flexibility index (Phi) is 5.34. The molecule has 0 heterocycles. The molecule has 154 valence electrons. The van der Waals surface area contributed by atoms with Gasteiger partial charge in [0.1, 0.15) is 4.90 Å².